The maximum Gasteiger partial charge on any atom is 0.159 e. The number of ketones is 1. The summed E-state index contributed by atoms with van der Waals surface area (Å²) in [4.78, 5) is 11.2. The highest BCUT2D eigenvalue weighted by molar-refractivity contribution is 5.95. The van der Waals surface area contributed by atoms with Gasteiger partial charge in [0.25, 0.3) is 0 Å². The Bertz CT molecular complexity index is 472. The minimum absolute atomic E-state index is 0.0942. The fourth-order valence-corrected chi connectivity index (χ4v) is 1.49. The summed E-state index contributed by atoms with van der Waals surface area (Å²) in [5, 5.41) is 0. The third-order valence-corrected chi connectivity index (χ3v) is 2.31. The Labute approximate surface area is 89.4 Å². The quantitative estimate of drug-likeness (QED) is 0.671. The molecule has 1 nitrogen and oxygen atoms in total. The van der Waals surface area contributed by atoms with E-state index in [1.54, 1.807) is 6.92 Å². The fourth-order valence-electron chi connectivity index (χ4n) is 1.49. The van der Waals surface area contributed by atoms with E-state index in [2.05, 4.69) is 6.07 Å². The second-order valence-electron chi connectivity index (χ2n) is 3.43. The molecule has 0 aliphatic heterocycles. The van der Waals surface area contributed by atoms with Gasteiger partial charge in [-0.05, 0) is 36.2 Å². The highest BCUT2D eigenvalue weighted by atomic mass is 16.1. The first-order chi connectivity index (χ1) is 7.27. The lowest BCUT2D eigenvalue weighted by Crippen LogP contribution is -1.91. The Hall–Kier alpha value is -1.89. The first-order valence-electron chi connectivity index (χ1n) is 4.85. The summed E-state index contributed by atoms with van der Waals surface area (Å²) in [6.07, 6.45) is 0. The molecule has 2 aromatic carbocycles. The van der Waals surface area contributed by atoms with E-state index in [1.165, 1.54) is 0 Å². The number of hydrogen-bond donors (Lipinski definition) is 0. The van der Waals surface area contributed by atoms with E-state index in [1.807, 2.05) is 48.5 Å². The Balaban J connectivity index is 2.46. The molecule has 0 aromatic heterocycles. The summed E-state index contributed by atoms with van der Waals surface area (Å²) in [6.45, 7) is 1.58. The van der Waals surface area contributed by atoms with Crippen molar-refractivity contribution in [2.75, 3.05) is 0 Å². The van der Waals surface area contributed by atoms with Crippen LogP contribution in [0.15, 0.2) is 48.5 Å². The van der Waals surface area contributed by atoms with Crippen LogP contribution in [-0.4, -0.2) is 5.78 Å². The lowest BCUT2D eigenvalue weighted by atomic mass is 10.0. The van der Waals surface area contributed by atoms with Crippen LogP contribution in [0.3, 0.4) is 0 Å². The smallest absolute Gasteiger partial charge is 0.159 e. The SMILES string of the molecule is CC(=O)c1cccc(-c2c[c]ccc2)c1. The van der Waals surface area contributed by atoms with Gasteiger partial charge >= 0.3 is 0 Å². The standard InChI is InChI=1S/C14H11O/c1-11(15)13-8-5-9-14(10-13)12-6-3-2-4-7-12/h2-3,5-10H,1H3. The zero-order chi connectivity index (χ0) is 10.7. The minimum Gasteiger partial charge on any atom is -0.295 e. The second-order valence-corrected chi connectivity index (χ2v) is 3.43. The van der Waals surface area contributed by atoms with Crippen LogP contribution in [0.4, 0.5) is 0 Å². The number of hydrogen-bond acceptors (Lipinski definition) is 1. The molecule has 73 valence electrons. The zero-order valence-electron chi connectivity index (χ0n) is 8.53. The average molecular weight is 195 g/mol. The lowest BCUT2D eigenvalue weighted by molar-refractivity contribution is 0.101. The number of carbonyl (C=O) groups is 1. The van der Waals surface area contributed by atoms with E-state index in [0.29, 0.717) is 0 Å². The highest BCUT2D eigenvalue weighted by Crippen LogP contribution is 2.19. The second kappa shape index (κ2) is 4.09. The van der Waals surface area contributed by atoms with Crippen LogP contribution in [0.2, 0.25) is 0 Å². The van der Waals surface area contributed by atoms with Gasteiger partial charge in [-0.3, -0.25) is 4.79 Å². The van der Waals surface area contributed by atoms with E-state index in [9.17, 15) is 4.79 Å². The summed E-state index contributed by atoms with van der Waals surface area (Å²) in [5.74, 6) is 0.0942. The van der Waals surface area contributed by atoms with Crippen LogP contribution in [0.25, 0.3) is 11.1 Å². The predicted molar refractivity (Wildman–Crippen MR) is 60.7 cm³/mol. The van der Waals surface area contributed by atoms with Crippen molar-refractivity contribution in [3.05, 3.63) is 60.2 Å². The van der Waals surface area contributed by atoms with Crippen LogP contribution in [0.5, 0.6) is 0 Å². The Morgan fingerprint density at radius 3 is 2.60 bits per heavy atom. The molecular formula is C14H11O. The van der Waals surface area contributed by atoms with Crippen molar-refractivity contribution in [3.63, 3.8) is 0 Å². The fraction of sp³-hybridized carbons (Fsp3) is 0.0714. The van der Waals surface area contributed by atoms with Crippen molar-refractivity contribution in [2.45, 2.75) is 6.92 Å². The first kappa shape index (κ1) is 9.66. The van der Waals surface area contributed by atoms with Gasteiger partial charge in [-0.2, -0.15) is 0 Å². The van der Waals surface area contributed by atoms with E-state index in [4.69, 9.17) is 0 Å². The number of rotatable bonds is 2. The van der Waals surface area contributed by atoms with Crippen LogP contribution in [0.1, 0.15) is 17.3 Å². The van der Waals surface area contributed by atoms with Crippen LogP contribution < -0.4 is 0 Å². The number of Topliss-reactive ketones (excluding diaryl/α,β-unsaturated/α-hetero) is 1. The molecule has 2 rings (SSSR count). The lowest BCUT2D eigenvalue weighted by Gasteiger charge is -2.02. The molecule has 0 spiro atoms. The molecule has 1 radical (unpaired) electrons. The van der Waals surface area contributed by atoms with Gasteiger partial charge in [0.1, 0.15) is 0 Å². The molecule has 0 bridgehead atoms. The summed E-state index contributed by atoms with van der Waals surface area (Å²) >= 11 is 0. The normalized spacial score (nSPS) is 9.93. The van der Waals surface area contributed by atoms with E-state index in [0.717, 1.165) is 16.7 Å². The Kier molecular flexibility index (Phi) is 2.64. The summed E-state index contributed by atoms with van der Waals surface area (Å²) in [7, 11) is 0. The summed E-state index contributed by atoms with van der Waals surface area (Å²) < 4.78 is 0. The maximum atomic E-state index is 11.2. The predicted octanol–water partition coefficient (Wildman–Crippen LogP) is 3.36. The number of benzene rings is 2. The van der Waals surface area contributed by atoms with Crippen LogP contribution in [0, 0.1) is 6.07 Å². The monoisotopic (exact) mass is 195 g/mol. The van der Waals surface area contributed by atoms with Gasteiger partial charge in [-0.1, -0.05) is 36.4 Å². The van der Waals surface area contributed by atoms with Gasteiger partial charge in [0.05, 0.1) is 0 Å². The molecule has 1 heteroatoms. The third-order valence-electron chi connectivity index (χ3n) is 2.31. The van der Waals surface area contributed by atoms with E-state index in [-0.39, 0.29) is 5.78 Å². The molecular weight excluding hydrogens is 184 g/mol. The van der Waals surface area contributed by atoms with Gasteiger partial charge in [0.2, 0.25) is 0 Å². The van der Waals surface area contributed by atoms with Gasteiger partial charge in [0, 0.05) is 5.56 Å². The molecule has 0 amide bonds. The first-order valence-corrected chi connectivity index (χ1v) is 4.85. The van der Waals surface area contributed by atoms with Crippen molar-refractivity contribution in [1.82, 2.24) is 0 Å². The Morgan fingerprint density at radius 2 is 1.93 bits per heavy atom. The Morgan fingerprint density at radius 1 is 1.13 bits per heavy atom. The average Bonchev–Trinajstić information content (AvgIpc) is 2.30. The molecule has 2 aromatic rings. The van der Waals surface area contributed by atoms with Gasteiger partial charge in [-0.15, -0.1) is 0 Å². The van der Waals surface area contributed by atoms with Crippen molar-refractivity contribution in [1.29, 1.82) is 0 Å². The molecule has 0 aliphatic carbocycles. The topological polar surface area (TPSA) is 17.1 Å². The minimum atomic E-state index is 0.0942. The van der Waals surface area contributed by atoms with Crippen molar-refractivity contribution in [2.24, 2.45) is 0 Å². The molecule has 0 heterocycles. The largest absolute Gasteiger partial charge is 0.295 e. The van der Waals surface area contributed by atoms with E-state index < -0.39 is 0 Å². The van der Waals surface area contributed by atoms with Gasteiger partial charge in [-0.25, -0.2) is 0 Å². The molecule has 0 atom stereocenters. The number of carbonyl (C=O) groups excluding carboxylic acids is 1. The zero-order valence-corrected chi connectivity index (χ0v) is 8.53. The molecule has 0 unspecified atom stereocenters. The molecule has 0 fully saturated rings. The molecule has 15 heavy (non-hydrogen) atoms. The van der Waals surface area contributed by atoms with Crippen molar-refractivity contribution >= 4 is 5.78 Å². The van der Waals surface area contributed by atoms with Crippen molar-refractivity contribution in [3.8, 4) is 11.1 Å². The maximum absolute atomic E-state index is 11.2. The molecule has 0 aliphatic rings. The summed E-state index contributed by atoms with van der Waals surface area (Å²) in [5.41, 5.74) is 2.89. The van der Waals surface area contributed by atoms with Crippen LogP contribution in [-0.2, 0) is 0 Å². The molecule has 0 N–H and O–H groups in total. The van der Waals surface area contributed by atoms with Crippen LogP contribution >= 0.6 is 0 Å². The molecule has 0 saturated heterocycles. The van der Waals surface area contributed by atoms with Gasteiger partial charge < -0.3 is 0 Å². The van der Waals surface area contributed by atoms with Crippen molar-refractivity contribution < 1.29 is 4.79 Å². The third kappa shape index (κ3) is 2.13. The molecule has 0 saturated carbocycles. The summed E-state index contributed by atoms with van der Waals surface area (Å²) in [6, 6.07) is 18.4. The van der Waals surface area contributed by atoms with Gasteiger partial charge in [0.15, 0.2) is 5.78 Å². The highest BCUT2D eigenvalue weighted by Gasteiger charge is 2.01. The van der Waals surface area contributed by atoms with E-state index >= 15 is 0 Å².